The summed E-state index contributed by atoms with van der Waals surface area (Å²) >= 11 is 0. The molecule has 0 bridgehead atoms. The highest BCUT2D eigenvalue weighted by Gasteiger charge is 2.24. The van der Waals surface area contributed by atoms with E-state index in [-0.39, 0.29) is 29.7 Å². The van der Waals surface area contributed by atoms with Gasteiger partial charge in [-0.2, -0.15) is 0 Å². The van der Waals surface area contributed by atoms with Gasteiger partial charge in [-0.15, -0.1) is 0 Å². The van der Waals surface area contributed by atoms with Crippen LogP contribution in [0.5, 0.6) is 5.75 Å². The number of benzene rings is 1. The van der Waals surface area contributed by atoms with Gasteiger partial charge in [0.2, 0.25) is 0 Å². The highest BCUT2D eigenvalue weighted by molar-refractivity contribution is 6.00. The van der Waals surface area contributed by atoms with E-state index in [4.69, 9.17) is 10.5 Å². The Hall–Kier alpha value is -2.96. The van der Waals surface area contributed by atoms with Crippen LogP contribution in [0.25, 0.3) is 0 Å². The maximum atomic E-state index is 12.2. The summed E-state index contributed by atoms with van der Waals surface area (Å²) in [7, 11) is 0. The van der Waals surface area contributed by atoms with E-state index in [0.29, 0.717) is 0 Å². The zero-order valence-electron chi connectivity index (χ0n) is 13.1. The molecule has 1 atom stereocenters. The van der Waals surface area contributed by atoms with Crippen molar-refractivity contribution in [2.75, 3.05) is 6.61 Å². The Kier molecular flexibility index (Phi) is 4.90. The van der Waals surface area contributed by atoms with E-state index >= 15 is 0 Å². The number of nitrogens with one attached hydrogen (secondary N) is 3. The van der Waals surface area contributed by atoms with Crippen LogP contribution in [-0.2, 0) is 4.79 Å². The summed E-state index contributed by atoms with van der Waals surface area (Å²) in [4.78, 5) is 23.6. The number of nitrogens with two attached hydrogens (primary N) is 1. The third kappa shape index (κ3) is 4.26. The lowest BCUT2D eigenvalue weighted by Gasteiger charge is -2.22. The van der Waals surface area contributed by atoms with Gasteiger partial charge >= 0.3 is 6.03 Å². The summed E-state index contributed by atoms with van der Waals surface area (Å²) in [5.74, 6) is 0.234. The van der Waals surface area contributed by atoms with Gasteiger partial charge in [0.05, 0.1) is 17.4 Å². The number of rotatable bonds is 5. The number of hydrogen-bond donors (Lipinski definition) is 4. The molecule has 23 heavy (non-hydrogen) atoms. The first-order chi connectivity index (χ1) is 10.9. The molecule has 1 heterocycles. The molecule has 0 unspecified atom stereocenters. The molecule has 0 aromatic heterocycles. The van der Waals surface area contributed by atoms with Crippen LogP contribution in [-0.4, -0.2) is 24.6 Å². The molecule has 3 amide bonds. The molecule has 1 aromatic carbocycles. The van der Waals surface area contributed by atoms with Crippen molar-refractivity contribution in [2.45, 2.75) is 19.9 Å². The minimum absolute atomic E-state index is 0.0130. The van der Waals surface area contributed by atoms with Crippen LogP contribution >= 0.6 is 0 Å². The first-order valence-corrected chi connectivity index (χ1v) is 7.14. The van der Waals surface area contributed by atoms with Gasteiger partial charge in [-0.3, -0.25) is 4.79 Å². The van der Waals surface area contributed by atoms with Crippen molar-refractivity contribution in [1.29, 1.82) is 0 Å². The minimum atomic E-state index is -0.544. The molecule has 5 N–H and O–H groups in total. The van der Waals surface area contributed by atoms with Gasteiger partial charge in [-0.25, -0.2) is 4.79 Å². The number of hydrogen-bond acceptors (Lipinski definition) is 4. The van der Waals surface area contributed by atoms with Crippen molar-refractivity contribution < 1.29 is 14.3 Å². The molecule has 0 saturated heterocycles. The maximum Gasteiger partial charge on any atom is 0.323 e. The molecule has 7 nitrogen and oxygen atoms in total. The van der Waals surface area contributed by atoms with Crippen molar-refractivity contribution in [2.24, 2.45) is 5.73 Å². The second-order valence-electron chi connectivity index (χ2n) is 5.34. The molecule has 1 aliphatic rings. The van der Waals surface area contributed by atoms with Crippen LogP contribution < -0.4 is 26.4 Å². The smallest absolute Gasteiger partial charge is 0.323 e. The Labute approximate surface area is 134 Å². The number of amides is 3. The van der Waals surface area contributed by atoms with Gasteiger partial charge in [-0.1, -0.05) is 24.3 Å². The van der Waals surface area contributed by atoms with E-state index in [1.165, 1.54) is 0 Å². The second kappa shape index (κ2) is 6.87. The molecule has 0 saturated carbocycles. The molecule has 1 aromatic rings. The van der Waals surface area contributed by atoms with Crippen molar-refractivity contribution >= 4 is 11.9 Å². The fourth-order valence-electron chi connectivity index (χ4n) is 1.94. The largest absolute Gasteiger partial charge is 0.491 e. The number of ether oxygens (including phenoxy) is 1. The van der Waals surface area contributed by atoms with Crippen molar-refractivity contribution in [3.05, 3.63) is 53.5 Å². The van der Waals surface area contributed by atoms with Crippen LogP contribution in [0.4, 0.5) is 4.79 Å². The lowest BCUT2D eigenvalue weighted by molar-refractivity contribution is -0.118. The van der Waals surface area contributed by atoms with Crippen molar-refractivity contribution in [3.8, 4) is 5.75 Å². The lowest BCUT2D eigenvalue weighted by Crippen LogP contribution is -2.49. The summed E-state index contributed by atoms with van der Waals surface area (Å²) in [5.41, 5.74) is 7.18. The van der Waals surface area contributed by atoms with E-state index in [9.17, 15) is 9.59 Å². The number of carbonyl (C=O) groups is 2. The molecule has 2 rings (SSSR count). The zero-order chi connectivity index (χ0) is 17.0. The SMILES string of the molecule is C=C1NC(=O)NC(C(=O)N[C@H](C)COc2ccc(C)cc2)=C1N. The Morgan fingerprint density at radius 1 is 1.35 bits per heavy atom. The monoisotopic (exact) mass is 316 g/mol. The lowest BCUT2D eigenvalue weighted by atomic mass is 10.2. The summed E-state index contributed by atoms with van der Waals surface area (Å²) in [6.07, 6.45) is 0. The third-order valence-electron chi connectivity index (χ3n) is 3.22. The van der Waals surface area contributed by atoms with E-state index < -0.39 is 11.9 Å². The van der Waals surface area contributed by atoms with Crippen LogP contribution in [0, 0.1) is 6.92 Å². The molecule has 0 aliphatic carbocycles. The van der Waals surface area contributed by atoms with Gasteiger partial charge in [0, 0.05) is 0 Å². The second-order valence-corrected chi connectivity index (χ2v) is 5.34. The van der Waals surface area contributed by atoms with Crippen molar-refractivity contribution in [1.82, 2.24) is 16.0 Å². The van der Waals surface area contributed by atoms with E-state index in [1.54, 1.807) is 6.92 Å². The predicted octanol–water partition coefficient (Wildman–Crippen LogP) is 0.875. The Morgan fingerprint density at radius 3 is 2.65 bits per heavy atom. The fraction of sp³-hybridized carbons (Fsp3) is 0.250. The van der Waals surface area contributed by atoms with Gasteiger partial charge in [0.1, 0.15) is 18.1 Å². The van der Waals surface area contributed by atoms with Crippen LogP contribution in [0.1, 0.15) is 12.5 Å². The minimum Gasteiger partial charge on any atom is -0.491 e. The third-order valence-corrected chi connectivity index (χ3v) is 3.22. The Bertz CT molecular complexity index is 664. The summed E-state index contributed by atoms with van der Waals surface area (Å²) < 4.78 is 5.60. The van der Waals surface area contributed by atoms with Crippen LogP contribution in [0.15, 0.2) is 47.9 Å². The summed E-state index contributed by atoms with van der Waals surface area (Å²) in [6.45, 7) is 7.65. The molecule has 0 radical (unpaired) electrons. The first kappa shape index (κ1) is 16.4. The predicted molar refractivity (Wildman–Crippen MR) is 86.3 cm³/mol. The fourth-order valence-corrected chi connectivity index (χ4v) is 1.94. The van der Waals surface area contributed by atoms with Crippen molar-refractivity contribution in [3.63, 3.8) is 0 Å². The van der Waals surface area contributed by atoms with Gasteiger partial charge < -0.3 is 26.4 Å². The average Bonchev–Trinajstić information content (AvgIpc) is 2.50. The van der Waals surface area contributed by atoms with E-state index in [2.05, 4.69) is 22.5 Å². The van der Waals surface area contributed by atoms with Gasteiger partial charge in [0.15, 0.2) is 0 Å². The number of aryl methyl sites for hydroxylation is 1. The molecular formula is C16H20N4O3. The Balaban J connectivity index is 1.91. The molecular weight excluding hydrogens is 296 g/mol. The molecule has 7 heteroatoms. The zero-order valence-corrected chi connectivity index (χ0v) is 13.1. The van der Waals surface area contributed by atoms with Gasteiger partial charge in [0.25, 0.3) is 5.91 Å². The quantitative estimate of drug-likeness (QED) is 0.647. The summed E-state index contributed by atoms with van der Waals surface area (Å²) in [5, 5.41) is 7.48. The maximum absolute atomic E-state index is 12.2. The Morgan fingerprint density at radius 2 is 2.00 bits per heavy atom. The molecule has 1 aliphatic heterocycles. The van der Waals surface area contributed by atoms with Crippen LogP contribution in [0.2, 0.25) is 0 Å². The van der Waals surface area contributed by atoms with E-state index in [0.717, 1.165) is 11.3 Å². The van der Waals surface area contributed by atoms with E-state index in [1.807, 2.05) is 31.2 Å². The summed E-state index contributed by atoms with van der Waals surface area (Å²) in [6, 6.07) is 6.80. The number of carbonyl (C=O) groups excluding carboxylic acids is 2. The average molecular weight is 316 g/mol. The molecule has 0 spiro atoms. The normalized spacial score (nSPS) is 15.6. The standard InChI is InChI=1S/C16H20N4O3/c1-9-4-6-12(7-5-9)23-8-10(2)18-15(21)14-13(17)11(3)19-16(22)20-14/h4-7,10H,3,8,17H2,1-2H3,(H,18,21)(H2,19,20,22)/t10-/m1/s1. The highest BCUT2D eigenvalue weighted by Crippen LogP contribution is 2.12. The molecule has 0 fully saturated rings. The topological polar surface area (TPSA) is 105 Å². The first-order valence-electron chi connectivity index (χ1n) is 7.14. The van der Waals surface area contributed by atoms with Gasteiger partial charge in [-0.05, 0) is 26.0 Å². The van der Waals surface area contributed by atoms with Crippen LogP contribution in [0.3, 0.4) is 0 Å². The highest BCUT2D eigenvalue weighted by atomic mass is 16.5. The number of urea groups is 1. The molecule has 122 valence electrons.